The summed E-state index contributed by atoms with van der Waals surface area (Å²) < 4.78 is 23.8. The number of methoxy groups -OCH3 is 2. The average molecular weight is 388 g/mol. The molecule has 7 heteroatoms. The van der Waals surface area contributed by atoms with Crippen molar-refractivity contribution in [2.45, 2.75) is 12.6 Å². The molecule has 1 atom stereocenters. The Morgan fingerprint density at radius 3 is 2.29 bits per heavy atom. The molecule has 2 N–H and O–H groups in total. The predicted molar refractivity (Wildman–Crippen MR) is 111 cm³/mol. The van der Waals surface area contributed by atoms with Crippen LogP contribution in [0.2, 0.25) is 0 Å². The van der Waals surface area contributed by atoms with Gasteiger partial charge < -0.3 is 25.0 Å². The molecule has 0 aliphatic carbocycles. The molecule has 152 valence electrons. The fourth-order valence-electron chi connectivity index (χ4n) is 2.86. The first kappa shape index (κ1) is 21.5. The van der Waals surface area contributed by atoms with Gasteiger partial charge in [0.25, 0.3) is 0 Å². The number of halogens is 1. The minimum absolute atomic E-state index is 0.101. The first-order valence-corrected chi connectivity index (χ1v) is 9.05. The van der Waals surface area contributed by atoms with Gasteiger partial charge in [0.15, 0.2) is 17.5 Å². The molecule has 0 aliphatic rings. The van der Waals surface area contributed by atoms with Crippen molar-refractivity contribution in [3.8, 4) is 11.5 Å². The molecule has 0 saturated carbocycles. The third kappa shape index (κ3) is 5.85. The largest absolute Gasteiger partial charge is 0.493 e. The maximum absolute atomic E-state index is 13.0. The number of nitrogens with zero attached hydrogens (tertiary/aromatic N) is 2. The van der Waals surface area contributed by atoms with E-state index in [1.807, 2.05) is 32.3 Å². The Bertz CT molecular complexity index is 778. The van der Waals surface area contributed by atoms with Gasteiger partial charge in [-0.3, -0.25) is 4.99 Å². The Morgan fingerprint density at radius 2 is 1.71 bits per heavy atom. The van der Waals surface area contributed by atoms with Gasteiger partial charge in [-0.2, -0.15) is 0 Å². The van der Waals surface area contributed by atoms with Gasteiger partial charge in [0, 0.05) is 20.1 Å². The highest BCUT2D eigenvalue weighted by Crippen LogP contribution is 2.31. The zero-order valence-electron chi connectivity index (χ0n) is 17.1. The van der Waals surface area contributed by atoms with E-state index >= 15 is 0 Å². The van der Waals surface area contributed by atoms with Crippen LogP contribution in [-0.2, 0) is 6.54 Å². The summed E-state index contributed by atoms with van der Waals surface area (Å²) in [6, 6.07) is 12.4. The van der Waals surface area contributed by atoms with Crippen molar-refractivity contribution in [1.82, 2.24) is 15.5 Å². The van der Waals surface area contributed by atoms with Gasteiger partial charge in [-0.1, -0.05) is 18.2 Å². The van der Waals surface area contributed by atoms with Crippen LogP contribution in [0.1, 0.15) is 17.2 Å². The van der Waals surface area contributed by atoms with Crippen LogP contribution in [0.5, 0.6) is 11.5 Å². The van der Waals surface area contributed by atoms with E-state index in [2.05, 4.69) is 20.5 Å². The Hall–Kier alpha value is -2.80. The van der Waals surface area contributed by atoms with E-state index in [1.54, 1.807) is 33.4 Å². The fourth-order valence-corrected chi connectivity index (χ4v) is 2.86. The maximum atomic E-state index is 13.0. The first-order valence-electron chi connectivity index (χ1n) is 9.05. The quantitative estimate of drug-likeness (QED) is 0.538. The molecule has 2 rings (SSSR count). The predicted octanol–water partition coefficient (Wildman–Crippen LogP) is 2.81. The van der Waals surface area contributed by atoms with Crippen LogP contribution in [0.25, 0.3) is 0 Å². The fraction of sp³-hybridized carbons (Fsp3) is 0.381. The number of rotatable bonds is 8. The van der Waals surface area contributed by atoms with Crippen molar-refractivity contribution < 1.29 is 13.9 Å². The third-order valence-electron chi connectivity index (χ3n) is 4.48. The summed E-state index contributed by atoms with van der Waals surface area (Å²) in [5.74, 6) is 1.84. The monoisotopic (exact) mass is 388 g/mol. The lowest BCUT2D eigenvalue weighted by atomic mass is 10.1. The molecule has 0 aliphatic heterocycles. The number of hydrogen-bond donors (Lipinski definition) is 2. The molecule has 0 amide bonds. The van der Waals surface area contributed by atoms with E-state index in [1.165, 1.54) is 12.1 Å². The highest BCUT2D eigenvalue weighted by atomic mass is 19.1. The Balaban J connectivity index is 2.02. The van der Waals surface area contributed by atoms with E-state index in [0.29, 0.717) is 30.5 Å². The molecule has 2 aromatic carbocycles. The maximum Gasteiger partial charge on any atom is 0.191 e. The molecule has 0 spiro atoms. The Labute approximate surface area is 166 Å². The van der Waals surface area contributed by atoms with E-state index in [-0.39, 0.29) is 11.9 Å². The number of aliphatic imine (C=N–C) groups is 1. The van der Waals surface area contributed by atoms with Crippen LogP contribution in [-0.4, -0.2) is 52.8 Å². The summed E-state index contributed by atoms with van der Waals surface area (Å²) >= 11 is 0. The molecule has 0 fully saturated rings. The molecule has 0 bridgehead atoms. The second-order valence-electron chi connectivity index (χ2n) is 6.53. The van der Waals surface area contributed by atoms with Crippen LogP contribution < -0.4 is 20.1 Å². The lowest BCUT2D eigenvalue weighted by Gasteiger charge is -2.26. The summed E-state index contributed by atoms with van der Waals surface area (Å²) in [4.78, 5) is 6.39. The number of nitrogens with one attached hydrogen (secondary N) is 2. The molecule has 28 heavy (non-hydrogen) atoms. The molecule has 1 unspecified atom stereocenters. The van der Waals surface area contributed by atoms with Gasteiger partial charge in [-0.05, 0) is 49.5 Å². The molecule has 6 nitrogen and oxygen atoms in total. The minimum Gasteiger partial charge on any atom is -0.493 e. The van der Waals surface area contributed by atoms with E-state index in [4.69, 9.17) is 9.47 Å². The van der Waals surface area contributed by atoms with Gasteiger partial charge in [0.05, 0.1) is 20.3 Å². The molecule has 0 aromatic heterocycles. The second kappa shape index (κ2) is 10.5. The summed E-state index contributed by atoms with van der Waals surface area (Å²) in [7, 11) is 9.03. The van der Waals surface area contributed by atoms with Gasteiger partial charge in [-0.15, -0.1) is 0 Å². The molecular formula is C21H29FN4O2. The van der Waals surface area contributed by atoms with Crippen LogP contribution >= 0.6 is 0 Å². The van der Waals surface area contributed by atoms with Crippen molar-refractivity contribution in [2.24, 2.45) is 4.99 Å². The van der Waals surface area contributed by atoms with Crippen LogP contribution in [0.15, 0.2) is 47.5 Å². The highest BCUT2D eigenvalue weighted by molar-refractivity contribution is 5.79. The number of ether oxygens (including phenoxy) is 2. The summed E-state index contributed by atoms with van der Waals surface area (Å²) in [5, 5.41) is 6.59. The van der Waals surface area contributed by atoms with Crippen molar-refractivity contribution >= 4 is 5.96 Å². The molecule has 0 radical (unpaired) electrons. The van der Waals surface area contributed by atoms with Gasteiger partial charge >= 0.3 is 0 Å². The normalized spacial score (nSPS) is 12.6. The summed E-state index contributed by atoms with van der Waals surface area (Å²) in [6.45, 7) is 1.20. The molecule has 0 heterocycles. The Kier molecular flexibility index (Phi) is 8.07. The average Bonchev–Trinajstić information content (AvgIpc) is 2.71. The standard InChI is InChI=1S/C21H29FN4O2/c1-23-21(24-13-15-6-9-17(22)10-7-15)25-14-18(26(2)3)16-8-11-19(27-4)20(12-16)28-5/h6-12,18H,13-14H2,1-5H3,(H2,23,24,25). The van der Waals surface area contributed by atoms with Crippen LogP contribution in [0.3, 0.4) is 0 Å². The van der Waals surface area contributed by atoms with Crippen LogP contribution in [0.4, 0.5) is 4.39 Å². The van der Waals surface area contributed by atoms with Crippen LogP contribution in [0, 0.1) is 5.82 Å². The zero-order valence-corrected chi connectivity index (χ0v) is 17.1. The van der Waals surface area contributed by atoms with Gasteiger partial charge in [0.2, 0.25) is 0 Å². The van der Waals surface area contributed by atoms with E-state index < -0.39 is 0 Å². The zero-order chi connectivity index (χ0) is 20.5. The van der Waals surface area contributed by atoms with Crippen molar-refractivity contribution in [2.75, 3.05) is 41.9 Å². The van der Waals surface area contributed by atoms with E-state index in [9.17, 15) is 4.39 Å². The minimum atomic E-state index is -0.241. The van der Waals surface area contributed by atoms with Crippen molar-refractivity contribution in [1.29, 1.82) is 0 Å². The molecule has 2 aromatic rings. The summed E-state index contributed by atoms with van der Waals surface area (Å²) in [6.07, 6.45) is 0. The number of hydrogen-bond acceptors (Lipinski definition) is 4. The van der Waals surface area contributed by atoms with Gasteiger partial charge in [-0.25, -0.2) is 4.39 Å². The lowest BCUT2D eigenvalue weighted by Crippen LogP contribution is -2.41. The first-order chi connectivity index (χ1) is 13.5. The topological polar surface area (TPSA) is 58.1 Å². The highest BCUT2D eigenvalue weighted by Gasteiger charge is 2.17. The van der Waals surface area contributed by atoms with Gasteiger partial charge in [0.1, 0.15) is 5.82 Å². The second-order valence-corrected chi connectivity index (χ2v) is 6.53. The number of benzene rings is 2. The van der Waals surface area contributed by atoms with Crippen molar-refractivity contribution in [3.63, 3.8) is 0 Å². The SMILES string of the molecule is CN=C(NCc1ccc(F)cc1)NCC(c1ccc(OC)c(OC)c1)N(C)C. The molecule has 0 saturated heterocycles. The number of guanidine groups is 1. The Morgan fingerprint density at radius 1 is 1.04 bits per heavy atom. The smallest absolute Gasteiger partial charge is 0.191 e. The van der Waals surface area contributed by atoms with E-state index in [0.717, 1.165) is 11.1 Å². The summed E-state index contributed by atoms with van der Waals surface area (Å²) in [5.41, 5.74) is 2.08. The third-order valence-corrected chi connectivity index (χ3v) is 4.48. The molecular weight excluding hydrogens is 359 g/mol. The lowest BCUT2D eigenvalue weighted by molar-refractivity contribution is 0.295. The van der Waals surface area contributed by atoms with Crippen molar-refractivity contribution in [3.05, 3.63) is 59.4 Å². The number of likely N-dealkylation sites (N-methyl/N-ethyl adjacent to an activating group) is 1.